The lowest BCUT2D eigenvalue weighted by atomic mass is 10.6. The van der Waals surface area contributed by atoms with Gasteiger partial charge in [0.25, 0.3) is 0 Å². The Labute approximate surface area is 67.4 Å². The van der Waals surface area contributed by atoms with Crippen LogP contribution in [0.1, 0.15) is 0 Å². The van der Waals surface area contributed by atoms with Gasteiger partial charge in [-0.1, -0.05) is 6.58 Å². The fraction of sp³-hybridized carbons (Fsp3) is 0.286. The van der Waals surface area contributed by atoms with Gasteiger partial charge in [-0.2, -0.15) is 0 Å². The molecular weight excluding hydrogens is 162 g/mol. The second-order valence-corrected chi connectivity index (χ2v) is 4.03. The van der Waals surface area contributed by atoms with Crippen LogP contribution in [0.15, 0.2) is 30.7 Å². The first-order valence-corrected chi connectivity index (χ1v) is 4.79. The Morgan fingerprint density at radius 3 is 2.45 bits per heavy atom. The van der Waals surface area contributed by atoms with Crippen molar-refractivity contribution in [2.45, 2.75) is 0 Å². The highest BCUT2D eigenvalue weighted by Crippen LogP contribution is 1.92. The summed E-state index contributed by atoms with van der Waals surface area (Å²) in [6.45, 7) is 3.32. The van der Waals surface area contributed by atoms with E-state index >= 15 is 0 Å². The maximum atomic E-state index is 10.8. The molecule has 0 saturated heterocycles. The molecule has 0 rings (SSSR count). The highest BCUT2D eigenvalue weighted by atomic mass is 32.2. The van der Waals surface area contributed by atoms with E-state index in [9.17, 15) is 8.42 Å². The second-order valence-electron chi connectivity index (χ2n) is 1.99. The van der Waals surface area contributed by atoms with Gasteiger partial charge >= 0.3 is 0 Å². The number of hydrogen-bond donors (Lipinski definition) is 0. The van der Waals surface area contributed by atoms with Gasteiger partial charge in [-0.15, -0.1) is 5.73 Å². The van der Waals surface area contributed by atoms with Gasteiger partial charge in [0.05, 0.1) is 6.26 Å². The topological polar surface area (TPSA) is 37.4 Å². The predicted molar refractivity (Wildman–Crippen MR) is 45.5 cm³/mol. The minimum absolute atomic E-state index is 1.11. The van der Waals surface area contributed by atoms with Crippen LogP contribution in [0.2, 0.25) is 0 Å². The minimum atomic E-state index is -3.10. The molecule has 0 aromatic heterocycles. The normalized spacial score (nSPS) is 11.1. The van der Waals surface area contributed by atoms with Crippen molar-refractivity contribution in [2.75, 3.05) is 13.3 Å². The lowest BCUT2D eigenvalue weighted by Gasteiger charge is -2.08. The van der Waals surface area contributed by atoms with E-state index in [0.717, 1.165) is 10.6 Å². The van der Waals surface area contributed by atoms with Crippen molar-refractivity contribution in [3.05, 3.63) is 30.7 Å². The summed E-state index contributed by atoms with van der Waals surface area (Å²) >= 11 is 0. The molecule has 11 heavy (non-hydrogen) atoms. The highest BCUT2D eigenvalue weighted by Gasteiger charge is 2.02. The van der Waals surface area contributed by atoms with Crippen molar-refractivity contribution in [2.24, 2.45) is 0 Å². The second kappa shape index (κ2) is 4.01. The standard InChI is InChI=1S/C7H11NO2S/c1-4-5-6-7-8(2)11(3,9)10/h5-7H,1H2,2-3H3. The molecule has 0 unspecified atom stereocenters. The largest absolute Gasteiger partial charge is 0.281 e. The third kappa shape index (κ3) is 4.42. The number of hydrogen-bond acceptors (Lipinski definition) is 2. The molecule has 0 saturated carbocycles. The first kappa shape index (κ1) is 10.0. The lowest BCUT2D eigenvalue weighted by Crippen LogP contribution is -2.18. The maximum absolute atomic E-state index is 10.8. The van der Waals surface area contributed by atoms with Crippen molar-refractivity contribution in [1.82, 2.24) is 4.31 Å². The van der Waals surface area contributed by atoms with Crippen molar-refractivity contribution in [3.8, 4) is 0 Å². The molecule has 0 fully saturated rings. The van der Waals surface area contributed by atoms with Crippen LogP contribution in [0.4, 0.5) is 0 Å². The van der Waals surface area contributed by atoms with Crippen molar-refractivity contribution in [1.29, 1.82) is 0 Å². The van der Waals surface area contributed by atoms with Gasteiger partial charge in [0.15, 0.2) is 0 Å². The molecule has 0 radical (unpaired) electrons. The Morgan fingerprint density at radius 1 is 1.55 bits per heavy atom. The molecule has 0 bridgehead atoms. The summed E-state index contributed by atoms with van der Waals surface area (Å²) in [5, 5.41) is 0. The average molecular weight is 173 g/mol. The fourth-order valence-corrected chi connectivity index (χ4v) is 0.634. The van der Waals surface area contributed by atoms with Gasteiger partial charge in [-0.3, -0.25) is 4.31 Å². The third-order valence-corrected chi connectivity index (χ3v) is 2.20. The van der Waals surface area contributed by atoms with Crippen LogP contribution in [0.3, 0.4) is 0 Å². The van der Waals surface area contributed by atoms with Crippen molar-refractivity contribution in [3.63, 3.8) is 0 Å². The van der Waals surface area contributed by atoms with Crippen LogP contribution in [-0.4, -0.2) is 26.0 Å². The van der Waals surface area contributed by atoms with Gasteiger partial charge in [-0.05, 0) is 12.2 Å². The molecule has 4 heteroatoms. The molecule has 3 nitrogen and oxygen atoms in total. The Balaban J connectivity index is 4.31. The van der Waals surface area contributed by atoms with E-state index in [1.165, 1.54) is 19.3 Å². The van der Waals surface area contributed by atoms with Gasteiger partial charge in [-0.25, -0.2) is 8.42 Å². The number of nitrogens with zero attached hydrogens (tertiary/aromatic N) is 1. The number of sulfonamides is 1. The van der Waals surface area contributed by atoms with Crippen LogP contribution < -0.4 is 0 Å². The summed E-state index contributed by atoms with van der Waals surface area (Å²) < 4.78 is 22.6. The van der Waals surface area contributed by atoms with Crippen LogP contribution in [-0.2, 0) is 10.0 Å². The quantitative estimate of drug-likeness (QED) is 0.466. The molecular formula is C7H11NO2S. The highest BCUT2D eigenvalue weighted by molar-refractivity contribution is 7.88. The van der Waals surface area contributed by atoms with Crippen LogP contribution >= 0.6 is 0 Å². The van der Waals surface area contributed by atoms with Gasteiger partial charge in [0, 0.05) is 13.2 Å². The molecule has 0 aromatic rings. The first-order valence-electron chi connectivity index (χ1n) is 2.94. The SMILES string of the molecule is C=C=CC=CN(C)S(C)(=O)=O. The zero-order valence-electron chi connectivity index (χ0n) is 6.61. The molecule has 0 aromatic carbocycles. The Kier molecular flexibility index (Phi) is 3.65. The maximum Gasteiger partial charge on any atom is 0.231 e. The van der Waals surface area contributed by atoms with E-state index in [4.69, 9.17) is 0 Å². The van der Waals surface area contributed by atoms with Gasteiger partial charge in [0.1, 0.15) is 0 Å². The summed E-state index contributed by atoms with van der Waals surface area (Å²) in [5.41, 5.74) is 2.49. The zero-order chi connectivity index (χ0) is 8.91. The summed E-state index contributed by atoms with van der Waals surface area (Å²) in [5.74, 6) is 0. The molecule has 0 aliphatic rings. The first-order chi connectivity index (χ1) is 4.98. The lowest BCUT2D eigenvalue weighted by molar-refractivity contribution is 0.546. The number of allylic oxidation sites excluding steroid dienone is 2. The molecule has 0 aliphatic carbocycles. The molecule has 0 spiro atoms. The van der Waals surface area contributed by atoms with Gasteiger partial charge in [0.2, 0.25) is 10.0 Å². The summed E-state index contributed by atoms with van der Waals surface area (Å²) in [7, 11) is -1.64. The molecule has 0 atom stereocenters. The smallest absolute Gasteiger partial charge is 0.231 e. The van der Waals surface area contributed by atoms with Crippen LogP contribution in [0.5, 0.6) is 0 Å². The summed E-state index contributed by atoms with van der Waals surface area (Å²) in [6.07, 6.45) is 5.64. The Morgan fingerprint density at radius 2 is 2.09 bits per heavy atom. The average Bonchev–Trinajstić information content (AvgIpc) is 1.86. The summed E-state index contributed by atoms with van der Waals surface area (Å²) in [4.78, 5) is 0. The molecule has 0 heterocycles. The molecule has 62 valence electrons. The third-order valence-electron chi connectivity index (χ3n) is 1.03. The molecule has 0 N–H and O–H groups in total. The zero-order valence-corrected chi connectivity index (χ0v) is 7.43. The Hall–Kier alpha value is -0.990. The van der Waals surface area contributed by atoms with E-state index in [2.05, 4.69) is 12.3 Å². The van der Waals surface area contributed by atoms with E-state index in [0.29, 0.717) is 0 Å². The summed E-state index contributed by atoms with van der Waals surface area (Å²) in [6, 6.07) is 0. The molecule has 0 aliphatic heterocycles. The van der Waals surface area contributed by atoms with E-state index in [1.54, 1.807) is 6.08 Å². The predicted octanol–water partition coefficient (Wildman–Crippen LogP) is 0.733. The van der Waals surface area contributed by atoms with Crippen LogP contribution in [0, 0.1) is 0 Å². The van der Waals surface area contributed by atoms with E-state index in [-0.39, 0.29) is 0 Å². The minimum Gasteiger partial charge on any atom is -0.281 e. The van der Waals surface area contributed by atoms with Crippen LogP contribution in [0.25, 0.3) is 0 Å². The molecule has 0 amide bonds. The van der Waals surface area contributed by atoms with Crippen molar-refractivity contribution < 1.29 is 8.42 Å². The van der Waals surface area contributed by atoms with Gasteiger partial charge < -0.3 is 0 Å². The fourth-order valence-electron chi connectivity index (χ4n) is 0.343. The van der Waals surface area contributed by atoms with E-state index in [1.807, 2.05) is 0 Å². The monoisotopic (exact) mass is 173 g/mol. The number of rotatable bonds is 3. The van der Waals surface area contributed by atoms with E-state index < -0.39 is 10.0 Å². The Bertz CT molecular complexity index is 284. The van der Waals surface area contributed by atoms with Crippen molar-refractivity contribution >= 4 is 10.0 Å².